The van der Waals surface area contributed by atoms with E-state index in [-0.39, 0.29) is 11.7 Å². The van der Waals surface area contributed by atoms with Crippen LogP contribution in [0.2, 0.25) is 0 Å². The molecular weight excluding hydrogens is 212 g/mol. The number of carbonyl (C=O) groups excluding carboxylic acids is 1. The van der Waals surface area contributed by atoms with E-state index in [2.05, 4.69) is 4.98 Å². The average Bonchev–Trinajstić information content (AvgIpc) is 2.39. The molecule has 1 aromatic heterocycles. The molecule has 0 aliphatic heterocycles. The van der Waals surface area contributed by atoms with Gasteiger partial charge in [-0.1, -0.05) is 0 Å². The Morgan fingerprint density at radius 3 is 2.71 bits per heavy atom. The van der Waals surface area contributed by atoms with Crippen LogP contribution in [0, 0.1) is 18.8 Å². The first kappa shape index (κ1) is 12.2. The van der Waals surface area contributed by atoms with Gasteiger partial charge in [0.15, 0.2) is 5.78 Å². The Bertz CT molecular complexity index is 395. The van der Waals surface area contributed by atoms with Crippen LogP contribution in [0.3, 0.4) is 0 Å². The zero-order valence-corrected chi connectivity index (χ0v) is 10.4. The van der Waals surface area contributed by atoms with Crippen molar-refractivity contribution >= 4 is 5.78 Å². The van der Waals surface area contributed by atoms with Crippen molar-refractivity contribution in [1.29, 1.82) is 0 Å². The van der Waals surface area contributed by atoms with E-state index in [1.165, 1.54) is 0 Å². The predicted octanol–water partition coefficient (Wildman–Crippen LogP) is 2.34. The molecular formula is C14H20N2O. The van der Waals surface area contributed by atoms with Gasteiger partial charge in [0.05, 0.1) is 0 Å². The molecule has 0 radical (unpaired) electrons. The minimum atomic E-state index is 0.181. The molecule has 1 aliphatic carbocycles. The van der Waals surface area contributed by atoms with E-state index in [0.29, 0.717) is 5.92 Å². The van der Waals surface area contributed by atoms with Crippen LogP contribution in [-0.2, 0) is 0 Å². The highest BCUT2D eigenvalue weighted by Crippen LogP contribution is 2.30. The Morgan fingerprint density at radius 2 is 2.12 bits per heavy atom. The lowest BCUT2D eigenvalue weighted by Gasteiger charge is -2.26. The molecule has 3 heteroatoms. The van der Waals surface area contributed by atoms with E-state index in [1.54, 1.807) is 12.4 Å². The summed E-state index contributed by atoms with van der Waals surface area (Å²) in [5.74, 6) is 1.07. The van der Waals surface area contributed by atoms with Gasteiger partial charge in [-0.05, 0) is 56.7 Å². The minimum Gasteiger partial charge on any atom is -0.330 e. The first-order chi connectivity index (χ1) is 8.22. The van der Waals surface area contributed by atoms with Crippen LogP contribution in [0.1, 0.15) is 41.6 Å². The van der Waals surface area contributed by atoms with Crippen LogP contribution in [0.15, 0.2) is 18.5 Å². The van der Waals surface area contributed by atoms with Crippen molar-refractivity contribution < 1.29 is 4.79 Å². The van der Waals surface area contributed by atoms with Gasteiger partial charge in [0.2, 0.25) is 0 Å². The smallest absolute Gasteiger partial charge is 0.167 e. The Kier molecular flexibility index (Phi) is 3.89. The number of nitrogens with two attached hydrogens (primary N) is 1. The fourth-order valence-corrected chi connectivity index (χ4v) is 2.60. The molecule has 1 fully saturated rings. The van der Waals surface area contributed by atoms with Crippen LogP contribution in [-0.4, -0.2) is 17.3 Å². The minimum absolute atomic E-state index is 0.181. The van der Waals surface area contributed by atoms with E-state index in [1.807, 2.05) is 13.0 Å². The molecule has 0 spiro atoms. The maximum atomic E-state index is 12.3. The normalized spacial score (nSPS) is 24.6. The molecule has 2 N–H and O–H groups in total. The van der Waals surface area contributed by atoms with Crippen LogP contribution in [0.25, 0.3) is 0 Å². The van der Waals surface area contributed by atoms with Gasteiger partial charge in [0, 0.05) is 23.9 Å². The van der Waals surface area contributed by atoms with E-state index < -0.39 is 0 Å². The van der Waals surface area contributed by atoms with E-state index >= 15 is 0 Å². The summed E-state index contributed by atoms with van der Waals surface area (Å²) in [6.45, 7) is 2.73. The van der Waals surface area contributed by atoms with E-state index in [9.17, 15) is 4.79 Å². The number of Topliss-reactive ketones (excluding diaryl/α,β-unsaturated/α-hetero) is 1. The molecule has 0 atom stereocenters. The summed E-state index contributed by atoms with van der Waals surface area (Å²) >= 11 is 0. The molecule has 0 aromatic carbocycles. The second kappa shape index (κ2) is 5.41. The van der Waals surface area contributed by atoms with Gasteiger partial charge in [0.25, 0.3) is 0 Å². The third kappa shape index (κ3) is 2.72. The van der Waals surface area contributed by atoms with Crippen LogP contribution in [0.5, 0.6) is 0 Å². The van der Waals surface area contributed by atoms with Crippen LogP contribution < -0.4 is 5.73 Å². The summed E-state index contributed by atoms with van der Waals surface area (Å²) in [6, 6.07) is 1.90. The van der Waals surface area contributed by atoms with Gasteiger partial charge in [-0.15, -0.1) is 0 Å². The van der Waals surface area contributed by atoms with Crippen molar-refractivity contribution in [3.8, 4) is 0 Å². The fourth-order valence-electron chi connectivity index (χ4n) is 2.60. The lowest BCUT2D eigenvalue weighted by molar-refractivity contribution is 0.0872. The van der Waals surface area contributed by atoms with Crippen molar-refractivity contribution in [1.82, 2.24) is 4.98 Å². The number of nitrogens with zero attached hydrogens (tertiary/aromatic N) is 1. The first-order valence-electron chi connectivity index (χ1n) is 6.37. The highest BCUT2D eigenvalue weighted by atomic mass is 16.1. The second-order valence-corrected chi connectivity index (χ2v) is 5.01. The SMILES string of the molecule is Cc1ccncc1C(=O)C1CCC(CN)CC1. The van der Waals surface area contributed by atoms with E-state index in [0.717, 1.165) is 43.4 Å². The Balaban J connectivity index is 2.04. The summed E-state index contributed by atoms with van der Waals surface area (Å²) in [6.07, 6.45) is 7.58. The number of aryl methyl sites for hydroxylation is 1. The Hall–Kier alpha value is -1.22. The maximum Gasteiger partial charge on any atom is 0.167 e. The zero-order chi connectivity index (χ0) is 12.3. The maximum absolute atomic E-state index is 12.3. The number of hydrogen-bond donors (Lipinski definition) is 1. The number of carbonyl (C=O) groups is 1. The summed E-state index contributed by atoms with van der Waals surface area (Å²) in [4.78, 5) is 16.4. The largest absolute Gasteiger partial charge is 0.330 e. The lowest BCUT2D eigenvalue weighted by Crippen LogP contribution is -2.26. The van der Waals surface area contributed by atoms with Crippen molar-refractivity contribution in [3.63, 3.8) is 0 Å². The van der Waals surface area contributed by atoms with Gasteiger partial charge < -0.3 is 5.73 Å². The molecule has 1 heterocycles. The molecule has 0 saturated heterocycles. The Morgan fingerprint density at radius 1 is 1.41 bits per heavy atom. The summed E-state index contributed by atoms with van der Waals surface area (Å²) < 4.78 is 0. The third-order valence-corrected chi connectivity index (χ3v) is 3.86. The van der Waals surface area contributed by atoms with E-state index in [4.69, 9.17) is 5.73 Å². The van der Waals surface area contributed by atoms with Gasteiger partial charge >= 0.3 is 0 Å². The molecule has 92 valence electrons. The average molecular weight is 232 g/mol. The quantitative estimate of drug-likeness (QED) is 0.814. The highest BCUT2D eigenvalue weighted by molar-refractivity contribution is 5.98. The van der Waals surface area contributed by atoms with Crippen LogP contribution >= 0.6 is 0 Å². The highest BCUT2D eigenvalue weighted by Gasteiger charge is 2.27. The molecule has 1 aromatic rings. The number of aromatic nitrogens is 1. The van der Waals surface area contributed by atoms with Crippen LogP contribution in [0.4, 0.5) is 0 Å². The summed E-state index contributed by atoms with van der Waals surface area (Å²) in [7, 11) is 0. The van der Waals surface area contributed by atoms with Gasteiger partial charge in [0.1, 0.15) is 0 Å². The first-order valence-corrected chi connectivity index (χ1v) is 6.37. The molecule has 2 rings (SSSR count). The monoisotopic (exact) mass is 232 g/mol. The van der Waals surface area contributed by atoms with Crippen molar-refractivity contribution in [2.45, 2.75) is 32.6 Å². The third-order valence-electron chi connectivity index (χ3n) is 3.86. The van der Waals surface area contributed by atoms with Crippen molar-refractivity contribution in [2.75, 3.05) is 6.54 Å². The lowest BCUT2D eigenvalue weighted by atomic mass is 9.78. The molecule has 1 aliphatic rings. The summed E-state index contributed by atoms with van der Waals surface area (Å²) in [5.41, 5.74) is 7.49. The standard InChI is InChI=1S/C14H20N2O/c1-10-6-7-16-9-13(10)14(17)12-4-2-11(8-15)3-5-12/h6-7,9,11-12H,2-5,8,15H2,1H3. The Labute approximate surface area is 102 Å². The molecule has 0 bridgehead atoms. The summed E-state index contributed by atoms with van der Waals surface area (Å²) in [5, 5.41) is 0. The molecule has 1 saturated carbocycles. The number of rotatable bonds is 3. The topological polar surface area (TPSA) is 56.0 Å². The fraction of sp³-hybridized carbons (Fsp3) is 0.571. The van der Waals surface area contributed by atoms with Gasteiger partial charge in [-0.2, -0.15) is 0 Å². The molecule has 0 unspecified atom stereocenters. The number of ketones is 1. The number of hydrogen-bond acceptors (Lipinski definition) is 3. The van der Waals surface area contributed by atoms with Gasteiger partial charge in [-0.25, -0.2) is 0 Å². The molecule has 17 heavy (non-hydrogen) atoms. The van der Waals surface area contributed by atoms with Crippen molar-refractivity contribution in [2.24, 2.45) is 17.6 Å². The molecule has 0 amide bonds. The van der Waals surface area contributed by atoms with Crippen molar-refractivity contribution in [3.05, 3.63) is 29.6 Å². The zero-order valence-electron chi connectivity index (χ0n) is 10.4. The second-order valence-electron chi connectivity index (χ2n) is 5.01. The molecule has 3 nitrogen and oxygen atoms in total. The number of pyridine rings is 1. The predicted molar refractivity (Wildman–Crippen MR) is 67.8 cm³/mol. The van der Waals surface area contributed by atoms with Gasteiger partial charge in [-0.3, -0.25) is 9.78 Å².